The first-order valence-corrected chi connectivity index (χ1v) is 8.50. The van der Waals surface area contributed by atoms with Gasteiger partial charge < -0.3 is 9.26 Å². The second-order valence-corrected chi connectivity index (χ2v) is 7.07. The molecule has 0 spiro atoms. The molecule has 1 saturated carbocycles. The van der Waals surface area contributed by atoms with E-state index in [9.17, 15) is 0 Å². The fraction of sp³-hybridized carbons (Fsp3) is 0.667. The highest BCUT2D eigenvalue weighted by Crippen LogP contribution is 2.43. The smallest absolute Gasteiger partial charge is 0.256 e. The second kappa shape index (κ2) is 5.50. The number of hydrogen-bond acceptors (Lipinski definition) is 6. The van der Waals surface area contributed by atoms with E-state index in [1.54, 1.807) is 11.3 Å². The molecule has 3 heterocycles. The fourth-order valence-corrected chi connectivity index (χ4v) is 4.28. The van der Waals surface area contributed by atoms with Gasteiger partial charge in [-0.25, -0.2) is 4.98 Å². The molecule has 2 aromatic heterocycles. The highest BCUT2D eigenvalue weighted by Gasteiger charge is 2.38. The largest absolute Gasteiger partial charge is 0.368 e. The van der Waals surface area contributed by atoms with Crippen LogP contribution in [0.1, 0.15) is 54.1 Å². The van der Waals surface area contributed by atoms with Crippen molar-refractivity contribution in [1.82, 2.24) is 15.1 Å². The number of hydrogen-bond donors (Lipinski definition) is 0. The minimum Gasteiger partial charge on any atom is -0.368 e. The number of fused-ring (bicyclic) bond motifs is 2. The molecule has 0 N–H and O–H groups in total. The van der Waals surface area contributed by atoms with E-state index >= 15 is 0 Å². The van der Waals surface area contributed by atoms with E-state index in [2.05, 4.69) is 15.1 Å². The summed E-state index contributed by atoms with van der Waals surface area (Å²) in [5.41, 5.74) is 2.91. The summed E-state index contributed by atoms with van der Waals surface area (Å²) in [6.45, 7) is 2.85. The quantitative estimate of drug-likeness (QED) is 0.870. The van der Waals surface area contributed by atoms with Crippen molar-refractivity contribution >= 4 is 11.3 Å². The molecule has 21 heavy (non-hydrogen) atoms. The van der Waals surface area contributed by atoms with Crippen molar-refractivity contribution in [2.45, 2.75) is 45.1 Å². The Labute approximate surface area is 127 Å². The number of thiazole rings is 1. The minimum absolute atomic E-state index is 0.00496. The number of nitrogens with zero attached hydrogens (tertiary/aromatic N) is 3. The zero-order chi connectivity index (χ0) is 14.2. The molecular weight excluding hydrogens is 286 g/mol. The Bertz CT molecular complexity index is 624. The summed E-state index contributed by atoms with van der Waals surface area (Å²) in [4.78, 5) is 10.0. The van der Waals surface area contributed by atoms with Crippen LogP contribution >= 0.6 is 11.3 Å². The van der Waals surface area contributed by atoms with E-state index < -0.39 is 0 Å². The molecule has 0 unspecified atom stereocenters. The van der Waals surface area contributed by atoms with Crippen LogP contribution in [0.5, 0.6) is 0 Å². The lowest BCUT2D eigenvalue weighted by Crippen LogP contribution is -2.32. The van der Waals surface area contributed by atoms with Gasteiger partial charge in [-0.1, -0.05) is 11.6 Å². The SMILES string of the molecule is Cc1ncsc1Cc1noc([C@@H]2OC[C@@H]3CCC[C@H]2C3)n1. The summed E-state index contributed by atoms with van der Waals surface area (Å²) in [5, 5.41) is 4.13. The average molecular weight is 305 g/mol. The maximum Gasteiger partial charge on any atom is 0.256 e. The van der Waals surface area contributed by atoms with Gasteiger partial charge in [-0.15, -0.1) is 11.3 Å². The third-order valence-corrected chi connectivity index (χ3v) is 5.59. The number of aromatic nitrogens is 3. The molecular formula is C15H19N3O2S. The van der Waals surface area contributed by atoms with Gasteiger partial charge in [0.25, 0.3) is 5.89 Å². The lowest BCUT2D eigenvalue weighted by molar-refractivity contribution is -0.0915. The fourth-order valence-electron chi connectivity index (χ4n) is 3.50. The third kappa shape index (κ3) is 2.62. The van der Waals surface area contributed by atoms with Gasteiger partial charge in [0.1, 0.15) is 6.10 Å². The first kappa shape index (κ1) is 13.4. The van der Waals surface area contributed by atoms with Crippen LogP contribution in [0.15, 0.2) is 10.0 Å². The maximum atomic E-state index is 6.00. The summed E-state index contributed by atoms with van der Waals surface area (Å²) in [7, 11) is 0. The van der Waals surface area contributed by atoms with Crippen molar-refractivity contribution < 1.29 is 9.26 Å². The molecule has 2 bridgehead atoms. The normalized spacial score (nSPS) is 28.7. The number of rotatable bonds is 3. The molecule has 3 atom stereocenters. The third-order valence-electron chi connectivity index (χ3n) is 4.65. The Morgan fingerprint density at radius 2 is 2.33 bits per heavy atom. The Morgan fingerprint density at radius 1 is 1.38 bits per heavy atom. The molecule has 1 aliphatic heterocycles. The number of aryl methyl sites for hydroxylation is 1. The van der Waals surface area contributed by atoms with E-state index in [4.69, 9.17) is 9.26 Å². The molecule has 2 fully saturated rings. The van der Waals surface area contributed by atoms with Crippen LogP contribution < -0.4 is 0 Å². The van der Waals surface area contributed by atoms with E-state index in [0.717, 1.165) is 24.0 Å². The van der Waals surface area contributed by atoms with Gasteiger partial charge in [0.05, 0.1) is 17.8 Å². The highest BCUT2D eigenvalue weighted by molar-refractivity contribution is 7.09. The maximum absolute atomic E-state index is 6.00. The molecule has 0 amide bonds. The van der Waals surface area contributed by atoms with Gasteiger partial charge in [-0.3, -0.25) is 0 Å². The van der Waals surface area contributed by atoms with E-state index in [-0.39, 0.29) is 6.10 Å². The van der Waals surface area contributed by atoms with Gasteiger partial charge in [-0.2, -0.15) is 4.98 Å². The molecule has 0 aromatic carbocycles. The molecule has 2 aliphatic rings. The zero-order valence-corrected chi connectivity index (χ0v) is 12.9. The lowest BCUT2D eigenvalue weighted by Gasteiger charge is -2.38. The van der Waals surface area contributed by atoms with E-state index in [1.165, 1.54) is 30.6 Å². The van der Waals surface area contributed by atoms with Crippen LogP contribution in [0.25, 0.3) is 0 Å². The van der Waals surface area contributed by atoms with Crippen LogP contribution in [0.2, 0.25) is 0 Å². The molecule has 1 saturated heterocycles. The summed E-state index contributed by atoms with van der Waals surface area (Å²) in [5.74, 6) is 2.69. The van der Waals surface area contributed by atoms with Crippen LogP contribution in [0.3, 0.4) is 0 Å². The first-order valence-electron chi connectivity index (χ1n) is 7.62. The Balaban J connectivity index is 1.50. The van der Waals surface area contributed by atoms with E-state index in [0.29, 0.717) is 18.2 Å². The summed E-state index contributed by atoms with van der Waals surface area (Å²) in [6, 6.07) is 0. The van der Waals surface area contributed by atoms with Crippen molar-refractivity contribution in [3.63, 3.8) is 0 Å². The van der Waals surface area contributed by atoms with Gasteiger partial charge >= 0.3 is 0 Å². The van der Waals surface area contributed by atoms with Crippen molar-refractivity contribution in [2.24, 2.45) is 11.8 Å². The Kier molecular flexibility index (Phi) is 3.51. The summed E-state index contributed by atoms with van der Waals surface area (Å²) >= 11 is 1.64. The topological polar surface area (TPSA) is 61.0 Å². The van der Waals surface area contributed by atoms with Gasteiger partial charge in [0.2, 0.25) is 0 Å². The molecule has 112 valence electrons. The van der Waals surface area contributed by atoms with Crippen LogP contribution in [0.4, 0.5) is 0 Å². The highest BCUT2D eigenvalue weighted by atomic mass is 32.1. The van der Waals surface area contributed by atoms with Crippen molar-refractivity contribution in [3.8, 4) is 0 Å². The summed E-state index contributed by atoms with van der Waals surface area (Å²) < 4.78 is 11.5. The number of ether oxygens (including phenoxy) is 1. The minimum atomic E-state index is 0.00496. The first-order chi connectivity index (χ1) is 10.3. The lowest BCUT2D eigenvalue weighted by atomic mass is 9.77. The summed E-state index contributed by atoms with van der Waals surface area (Å²) in [6.07, 6.45) is 5.77. The van der Waals surface area contributed by atoms with Crippen LogP contribution in [-0.2, 0) is 11.2 Å². The monoisotopic (exact) mass is 305 g/mol. The molecule has 4 rings (SSSR count). The standard InChI is InChI=1S/C15H19N3O2S/c1-9-12(21-8-16-9)6-13-17-15(20-18-13)14-11-4-2-3-10(5-11)7-19-14/h8,10-11,14H,2-7H2,1H3/t10-,11+,14-/m1/s1. The van der Waals surface area contributed by atoms with Gasteiger partial charge in [0, 0.05) is 11.3 Å². The predicted molar refractivity (Wildman–Crippen MR) is 78.1 cm³/mol. The van der Waals surface area contributed by atoms with Crippen LogP contribution in [0, 0.1) is 18.8 Å². The van der Waals surface area contributed by atoms with Crippen molar-refractivity contribution in [2.75, 3.05) is 6.61 Å². The molecule has 1 aliphatic carbocycles. The average Bonchev–Trinajstić information content (AvgIpc) is 3.10. The molecule has 0 radical (unpaired) electrons. The predicted octanol–water partition coefficient (Wildman–Crippen LogP) is 3.30. The molecule has 5 nitrogen and oxygen atoms in total. The molecule has 2 aromatic rings. The van der Waals surface area contributed by atoms with Crippen molar-refractivity contribution in [1.29, 1.82) is 0 Å². The second-order valence-electron chi connectivity index (χ2n) is 6.13. The van der Waals surface area contributed by atoms with E-state index in [1.807, 2.05) is 12.4 Å². The Morgan fingerprint density at radius 3 is 3.19 bits per heavy atom. The van der Waals surface area contributed by atoms with Gasteiger partial charge in [-0.05, 0) is 38.0 Å². The van der Waals surface area contributed by atoms with Crippen molar-refractivity contribution in [3.05, 3.63) is 27.8 Å². The van der Waals surface area contributed by atoms with Gasteiger partial charge in [0.15, 0.2) is 5.82 Å². The Hall–Kier alpha value is -1.27. The molecule has 6 heteroatoms. The zero-order valence-electron chi connectivity index (χ0n) is 12.1. The van der Waals surface area contributed by atoms with Crippen LogP contribution in [-0.4, -0.2) is 21.7 Å².